The number of nitrogens with one attached hydrogen (secondary N) is 1. The number of anilines is 1. The molecule has 0 spiro atoms. The lowest BCUT2D eigenvalue weighted by atomic mass is 10.0. The van der Waals surface area contributed by atoms with Crippen molar-refractivity contribution in [1.29, 1.82) is 0 Å². The third kappa shape index (κ3) is 2.99. The van der Waals surface area contributed by atoms with E-state index in [0.29, 0.717) is 19.6 Å². The fourth-order valence-electron chi connectivity index (χ4n) is 2.09. The van der Waals surface area contributed by atoms with Gasteiger partial charge in [-0.3, -0.25) is 4.79 Å². The molecule has 1 aromatic carbocycles. The van der Waals surface area contributed by atoms with Crippen molar-refractivity contribution in [2.45, 2.75) is 30.9 Å². The smallest absolute Gasteiger partial charge is 0.224 e. The van der Waals surface area contributed by atoms with Gasteiger partial charge in [0.05, 0.1) is 18.0 Å². The Bertz CT molecular complexity index is 439. The first kappa shape index (κ1) is 14.5. The topological polar surface area (TPSA) is 47.6 Å². The van der Waals surface area contributed by atoms with Gasteiger partial charge >= 0.3 is 0 Å². The van der Waals surface area contributed by atoms with Gasteiger partial charge in [-0.05, 0) is 19.1 Å². The highest BCUT2D eigenvalue weighted by atomic mass is 79.9. The standard InChI is InChI=1S/C14H18BrNO3/c1-3-13(17)16-12-6-4-11(5-7-12)14(10(2)15)18-8-9-19-14/h4-7,10H,3,8-9H2,1-2H3,(H,16,17). The van der Waals surface area contributed by atoms with E-state index in [4.69, 9.17) is 9.47 Å². The van der Waals surface area contributed by atoms with E-state index >= 15 is 0 Å². The molecule has 1 unspecified atom stereocenters. The van der Waals surface area contributed by atoms with Crippen LogP contribution >= 0.6 is 15.9 Å². The summed E-state index contributed by atoms with van der Waals surface area (Å²) < 4.78 is 11.5. The second-order valence-corrected chi connectivity index (χ2v) is 5.83. The second kappa shape index (κ2) is 6.03. The monoisotopic (exact) mass is 327 g/mol. The fraction of sp³-hybridized carbons (Fsp3) is 0.500. The largest absolute Gasteiger partial charge is 0.343 e. The molecule has 1 saturated heterocycles. The molecule has 1 aliphatic heterocycles. The zero-order valence-corrected chi connectivity index (χ0v) is 12.7. The third-order valence-corrected chi connectivity index (χ3v) is 3.73. The molecule has 4 nitrogen and oxygen atoms in total. The van der Waals surface area contributed by atoms with Crippen LogP contribution < -0.4 is 5.32 Å². The lowest BCUT2D eigenvalue weighted by Gasteiger charge is -2.30. The van der Waals surface area contributed by atoms with Crippen LogP contribution in [0.1, 0.15) is 25.8 Å². The lowest BCUT2D eigenvalue weighted by molar-refractivity contribution is -0.161. The first-order valence-corrected chi connectivity index (χ1v) is 7.32. The molecule has 0 bridgehead atoms. The number of carbonyl (C=O) groups excluding carboxylic acids is 1. The zero-order valence-electron chi connectivity index (χ0n) is 11.1. The molecule has 0 aliphatic carbocycles. The van der Waals surface area contributed by atoms with E-state index in [0.717, 1.165) is 11.3 Å². The van der Waals surface area contributed by atoms with Crippen molar-refractivity contribution in [3.63, 3.8) is 0 Å². The van der Waals surface area contributed by atoms with E-state index in [1.165, 1.54) is 0 Å². The minimum Gasteiger partial charge on any atom is -0.343 e. The van der Waals surface area contributed by atoms with Crippen LogP contribution in [0.25, 0.3) is 0 Å². The Balaban J connectivity index is 2.19. The van der Waals surface area contributed by atoms with Crippen LogP contribution in [0.15, 0.2) is 24.3 Å². The van der Waals surface area contributed by atoms with Gasteiger partial charge in [-0.25, -0.2) is 0 Å². The maximum absolute atomic E-state index is 11.3. The highest BCUT2D eigenvalue weighted by molar-refractivity contribution is 9.09. The highest BCUT2D eigenvalue weighted by Crippen LogP contribution is 2.38. The summed E-state index contributed by atoms with van der Waals surface area (Å²) in [6.07, 6.45) is 0.469. The molecule has 0 radical (unpaired) electrons. The van der Waals surface area contributed by atoms with Crippen molar-refractivity contribution in [3.05, 3.63) is 29.8 Å². The van der Waals surface area contributed by atoms with Crippen molar-refractivity contribution < 1.29 is 14.3 Å². The molecule has 1 aromatic rings. The Hall–Kier alpha value is -0.910. The van der Waals surface area contributed by atoms with Crippen molar-refractivity contribution >= 4 is 27.5 Å². The number of alkyl halides is 1. The molecule has 1 fully saturated rings. The highest BCUT2D eigenvalue weighted by Gasteiger charge is 2.42. The molecule has 1 N–H and O–H groups in total. The van der Waals surface area contributed by atoms with Crippen LogP contribution in [0.4, 0.5) is 5.69 Å². The van der Waals surface area contributed by atoms with Gasteiger partial charge in [-0.2, -0.15) is 0 Å². The van der Waals surface area contributed by atoms with Gasteiger partial charge in [0.1, 0.15) is 0 Å². The van der Waals surface area contributed by atoms with Crippen LogP contribution in [0.3, 0.4) is 0 Å². The van der Waals surface area contributed by atoms with Crippen molar-refractivity contribution in [1.82, 2.24) is 0 Å². The normalized spacial score (nSPS) is 19.1. The third-order valence-electron chi connectivity index (χ3n) is 3.13. The number of carbonyl (C=O) groups is 1. The van der Waals surface area contributed by atoms with Gasteiger partial charge in [-0.1, -0.05) is 35.0 Å². The van der Waals surface area contributed by atoms with E-state index < -0.39 is 5.79 Å². The summed E-state index contributed by atoms with van der Waals surface area (Å²) in [5.74, 6) is -0.725. The van der Waals surface area contributed by atoms with Crippen LogP contribution in [0.5, 0.6) is 0 Å². The minimum atomic E-state index is -0.729. The average molecular weight is 328 g/mol. The molecule has 0 saturated carbocycles. The van der Waals surface area contributed by atoms with E-state index in [2.05, 4.69) is 21.2 Å². The Morgan fingerprint density at radius 3 is 2.42 bits per heavy atom. The van der Waals surface area contributed by atoms with E-state index in [1.54, 1.807) is 0 Å². The number of rotatable bonds is 4. The quantitative estimate of drug-likeness (QED) is 0.865. The predicted molar refractivity (Wildman–Crippen MR) is 77.3 cm³/mol. The number of hydrogen-bond acceptors (Lipinski definition) is 3. The number of halogens is 1. The number of amides is 1. The molecule has 1 amide bonds. The maximum atomic E-state index is 11.3. The maximum Gasteiger partial charge on any atom is 0.224 e. The number of hydrogen-bond donors (Lipinski definition) is 1. The van der Waals surface area contributed by atoms with Crippen LogP contribution in [0, 0.1) is 0 Å². The predicted octanol–water partition coefficient (Wildman–Crippen LogP) is 3.02. The minimum absolute atomic E-state index is 0.00434. The Morgan fingerprint density at radius 2 is 1.95 bits per heavy atom. The summed E-state index contributed by atoms with van der Waals surface area (Å²) in [6.45, 7) is 5.00. The van der Waals surface area contributed by atoms with Gasteiger partial charge in [-0.15, -0.1) is 0 Å². The number of benzene rings is 1. The molecule has 5 heteroatoms. The van der Waals surface area contributed by atoms with E-state index in [1.807, 2.05) is 38.1 Å². The van der Waals surface area contributed by atoms with Crippen molar-refractivity contribution in [2.24, 2.45) is 0 Å². The Labute approximate surface area is 121 Å². The summed E-state index contributed by atoms with van der Waals surface area (Å²) in [5.41, 5.74) is 1.73. The first-order valence-electron chi connectivity index (χ1n) is 6.41. The van der Waals surface area contributed by atoms with Gasteiger partial charge < -0.3 is 14.8 Å². The molecule has 0 aromatic heterocycles. The summed E-state index contributed by atoms with van der Waals surface area (Å²) in [7, 11) is 0. The SMILES string of the molecule is CCC(=O)Nc1ccc(C2(C(C)Br)OCCO2)cc1. The number of ether oxygens (including phenoxy) is 2. The Kier molecular flexibility index (Phi) is 4.60. The molecule has 19 heavy (non-hydrogen) atoms. The Morgan fingerprint density at radius 1 is 1.37 bits per heavy atom. The second-order valence-electron chi connectivity index (χ2n) is 4.46. The average Bonchev–Trinajstić information content (AvgIpc) is 2.90. The fourth-order valence-corrected chi connectivity index (χ4v) is 2.62. The first-order chi connectivity index (χ1) is 9.08. The summed E-state index contributed by atoms with van der Waals surface area (Å²) in [6, 6.07) is 7.58. The molecule has 2 rings (SSSR count). The van der Waals surface area contributed by atoms with Crippen LogP contribution in [0.2, 0.25) is 0 Å². The molecule has 1 aliphatic rings. The van der Waals surface area contributed by atoms with Crippen molar-refractivity contribution in [3.8, 4) is 0 Å². The summed E-state index contributed by atoms with van der Waals surface area (Å²) in [4.78, 5) is 11.4. The molecule has 104 valence electrons. The van der Waals surface area contributed by atoms with Gasteiger partial charge in [0.25, 0.3) is 0 Å². The van der Waals surface area contributed by atoms with Crippen LogP contribution in [-0.2, 0) is 20.1 Å². The zero-order chi connectivity index (χ0) is 13.9. The molecular formula is C14H18BrNO3. The van der Waals surface area contributed by atoms with Crippen molar-refractivity contribution in [2.75, 3.05) is 18.5 Å². The van der Waals surface area contributed by atoms with Gasteiger partial charge in [0, 0.05) is 17.7 Å². The molecule has 1 heterocycles. The lowest BCUT2D eigenvalue weighted by Crippen LogP contribution is -2.35. The summed E-state index contributed by atoms with van der Waals surface area (Å²) in [5, 5.41) is 2.82. The summed E-state index contributed by atoms with van der Waals surface area (Å²) >= 11 is 3.55. The van der Waals surface area contributed by atoms with Gasteiger partial charge in [0.2, 0.25) is 11.7 Å². The molecular weight excluding hydrogens is 310 g/mol. The van der Waals surface area contributed by atoms with Crippen LogP contribution in [-0.4, -0.2) is 23.9 Å². The molecule has 1 atom stereocenters. The van der Waals surface area contributed by atoms with Gasteiger partial charge in [0.15, 0.2) is 0 Å². The van der Waals surface area contributed by atoms with E-state index in [-0.39, 0.29) is 10.7 Å². The van der Waals surface area contributed by atoms with E-state index in [9.17, 15) is 4.79 Å².